The Bertz CT molecular complexity index is 879. The predicted molar refractivity (Wildman–Crippen MR) is 123 cm³/mol. The maximum absolute atomic E-state index is 12.5. The van der Waals surface area contributed by atoms with Gasteiger partial charge in [-0.15, -0.1) is 11.8 Å². The number of thioether (sulfide) groups is 1. The summed E-state index contributed by atoms with van der Waals surface area (Å²) < 4.78 is 15.4. The van der Waals surface area contributed by atoms with Gasteiger partial charge in [-0.2, -0.15) is 0 Å². The number of rotatable bonds is 10. The molecule has 31 heavy (non-hydrogen) atoms. The molecule has 1 amide bonds. The fraction of sp³-hybridized carbons (Fsp3) is 0.333. The van der Waals surface area contributed by atoms with Crippen LogP contribution in [0.4, 0.5) is 4.79 Å². The number of hydrogen-bond donors (Lipinski definition) is 1. The van der Waals surface area contributed by atoms with Crippen molar-refractivity contribution in [3.05, 3.63) is 76.3 Å². The van der Waals surface area contributed by atoms with Crippen molar-refractivity contribution in [1.29, 1.82) is 0 Å². The molecule has 0 saturated heterocycles. The number of hydrogen-bond acceptors (Lipinski definition) is 6. The number of benzene rings is 2. The topological polar surface area (TPSA) is 73.9 Å². The normalized spacial score (nSPS) is 11.5. The molecular formula is C24H29NO5S. The molecule has 0 saturated carbocycles. The lowest BCUT2D eigenvalue weighted by atomic mass is 10.1. The molecule has 7 heteroatoms. The predicted octanol–water partition coefficient (Wildman–Crippen LogP) is 5.29. The molecule has 0 aromatic heterocycles. The maximum Gasteiger partial charge on any atom is 0.412 e. The third kappa shape index (κ3) is 8.38. The van der Waals surface area contributed by atoms with Gasteiger partial charge in [0.05, 0.1) is 14.2 Å². The number of carbonyl (C=O) groups excluding carboxylic acids is 2. The first-order chi connectivity index (χ1) is 14.9. The van der Waals surface area contributed by atoms with Crippen molar-refractivity contribution < 1.29 is 23.8 Å². The third-order valence-corrected chi connectivity index (χ3v) is 5.47. The lowest BCUT2D eigenvalue weighted by molar-refractivity contribution is -0.136. The largest absolute Gasteiger partial charge is 0.497 e. The highest BCUT2D eigenvalue weighted by atomic mass is 32.2. The summed E-state index contributed by atoms with van der Waals surface area (Å²) in [5, 5.41) is 2.60. The lowest BCUT2D eigenvalue weighted by Crippen LogP contribution is -2.30. The van der Waals surface area contributed by atoms with E-state index in [0.29, 0.717) is 12.2 Å². The van der Waals surface area contributed by atoms with Gasteiger partial charge in [0.15, 0.2) is 0 Å². The van der Waals surface area contributed by atoms with Gasteiger partial charge in [0.2, 0.25) is 0 Å². The molecule has 166 valence electrons. The summed E-state index contributed by atoms with van der Waals surface area (Å²) in [6.07, 6.45) is -0.0833. The van der Waals surface area contributed by atoms with Crippen LogP contribution >= 0.6 is 11.8 Å². The van der Waals surface area contributed by atoms with E-state index in [4.69, 9.17) is 14.2 Å². The second kappa shape index (κ2) is 12.7. The zero-order valence-corrected chi connectivity index (χ0v) is 19.2. The summed E-state index contributed by atoms with van der Waals surface area (Å²) >= 11 is 1.49. The number of amides is 1. The Morgan fingerprint density at radius 1 is 0.968 bits per heavy atom. The highest BCUT2D eigenvalue weighted by molar-refractivity contribution is 8.02. The average Bonchev–Trinajstić information content (AvgIpc) is 2.79. The van der Waals surface area contributed by atoms with Crippen LogP contribution in [0.5, 0.6) is 5.75 Å². The van der Waals surface area contributed by atoms with Crippen LogP contribution in [-0.2, 0) is 26.6 Å². The molecule has 0 aliphatic heterocycles. The number of nitrogens with one attached hydrogen (secondary N) is 1. The minimum Gasteiger partial charge on any atom is -0.497 e. The van der Waals surface area contributed by atoms with Crippen LogP contribution in [0.1, 0.15) is 31.4 Å². The number of esters is 1. The van der Waals surface area contributed by atoms with E-state index in [1.807, 2.05) is 54.6 Å². The summed E-state index contributed by atoms with van der Waals surface area (Å²) in [7, 11) is 2.92. The summed E-state index contributed by atoms with van der Waals surface area (Å²) in [6, 6.07) is 17.1. The Kier molecular flexibility index (Phi) is 9.97. The highest BCUT2D eigenvalue weighted by Crippen LogP contribution is 2.30. The van der Waals surface area contributed by atoms with Crippen LogP contribution in [0.3, 0.4) is 0 Å². The first-order valence-corrected chi connectivity index (χ1v) is 11.0. The minimum absolute atomic E-state index is 0.111. The van der Waals surface area contributed by atoms with Gasteiger partial charge in [-0.3, -0.25) is 5.32 Å². The van der Waals surface area contributed by atoms with Crippen LogP contribution in [0.25, 0.3) is 0 Å². The van der Waals surface area contributed by atoms with Crippen LogP contribution in [-0.4, -0.2) is 26.3 Å². The number of alkyl carbamates (subject to hydrolysis) is 1. The molecule has 1 N–H and O–H groups in total. The van der Waals surface area contributed by atoms with Crippen molar-refractivity contribution in [3.8, 4) is 5.75 Å². The molecule has 0 fully saturated rings. The molecule has 0 bridgehead atoms. The average molecular weight is 444 g/mol. The SMILES string of the molecule is COC(=O)C(NC(=O)OCc1ccccc1)=C(CC(C)C)SCc1ccc(OC)cc1. The molecular weight excluding hydrogens is 414 g/mol. The van der Waals surface area contributed by atoms with Gasteiger partial charge in [0, 0.05) is 10.7 Å². The van der Waals surface area contributed by atoms with E-state index in [-0.39, 0.29) is 18.2 Å². The summed E-state index contributed by atoms with van der Waals surface area (Å²) in [6.45, 7) is 4.22. The Labute approximate surface area is 188 Å². The summed E-state index contributed by atoms with van der Waals surface area (Å²) in [5.41, 5.74) is 2.05. The van der Waals surface area contributed by atoms with E-state index < -0.39 is 12.1 Å². The molecule has 2 aromatic carbocycles. The van der Waals surface area contributed by atoms with Gasteiger partial charge in [-0.05, 0) is 35.6 Å². The monoisotopic (exact) mass is 443 g/mol. The first-order valence-electron chi connectivity index (χ1n) is 9.97. The second-order valence-electron chi connectivity index (χ2n) is 7.21. The van der Waals surface area contributed by atoms with Gasteiger partial charge in [-0.1, -0.05) is 56.3 Å². The highest BCUT2D eigenvalue weighted by Gasteiger charge is 2.21. The van der Waals surface area contributed by atoms with E-state index in [0.717, 1.165) is 21.8 Å². The van der Waals surface area contributed by atoms with Crippen LogP contribution in [0.2, 0.25) is 0 Å². The zero-order chi connectivity index (χ0) is 22.6. The van der Waals surface area contributed by atoms with E-state index in [2.05, 4.69) is 19.2 Å². The van der Waals surface area contributed by atoms with Gasteiger partial charge >= 0.3 is 12.1 Å². The first kappa shape index (κ1) is 24.3. The van der Waals surface area contributed by atoms with Crippen molar-refractivity contribution in [1.82, 2.24) is 5.32 Å². The minimum atomic E-state index is -0.699. The van der Waals surface area contributed by atoms with Crippen molar-refractivity contribution >= 4 is 23.8 Å². The molecule has 0 aliphatic rings. The van der Waals surface area contributed by atoms with E-state index in [9.17, 15) is 9.59 Å². The van der Waals surface area contributed by atoms with E-state index in [1.165, 1.54) is 18.9 Å². The number of ether oxygens (including phenoxy) is 3. The standard InChI is InChI=1S/C24H29NO5S/c1-17(2)14-21(31-16-19-10-12-20(28-3)13-11-19)22(23(26)29-4)25-24(27)30-15-18-8-6-5-7-9-18/h5-13,17H,14-16H2,1-4H3,(H,25,27). The molecule has 6 nitrogen and oxygen atoms in total. The molecule has 0 spiro atoms. The zero-order valence-electron chi connectivity index (χ0n) is 18.3. The van der Waals surface area contributed by atoms with Gasteiger partial charge in [-0.25, -0.2) is 9.59 Å². The van der Waals surface area contributed by atoms with Crippen molar-refractivity contribution in [2.75, 3.05) is 14.2 Å². The Morgan fingerprint density at radius 3 is 2.23 bits per heavy atom. The second-order valence-corrected chi connectivity index (χ2v) is 8.28. The molecule has 0 atom stereocenters. The molecule has 0 radical (unpaired) electrons. The molecule has 2 rings (SSSR count). The summed E-state index contributed by atoms with van der Waals surface area (Å²) in [5.74, 6) is 1.09. The number of carbonyl (C=O) groups is 2. The van der Waals surface area contributed by atoms with Crippen molar-refractivity contribution in [3.63, 3.8) is 0 Å². The van der Waals surface area contributed by atoms with Crippen LogP contribution < -0.4 is 10.1 Å². The van der Waals surface area contributed by atoms with Gasteiger partial charge < -0.3 is 14.2 Å². The molecule has 0 aliphatic carbocycles. The quantitative estimate of drug-likeness (QED) is 0.398. The van der Waals surface area contributed by atoms with E-state index in [1.54, 1.807) is 7.11 Å². The smallest absolute Gasteiger partial charge is 0.412 e. The van der Waals surface area contributed by atoms with Crippen molar-refractivity contribution in [2.24, 2.45) is 5.92 Å². The van der Waals surface area contributed by atoms with Gasteiger partial charge in [0.25, 0.3) is 0 Å². The molecule has 2 aromatic rings. The van der Waals surface area contributed by atoms with Crippen molar-refractivity contribution in [2.45, 2.75) is 32.6 Å². The Morgan fingerprint density at radius 2 is 1.65 bits per heavy atom. The molecule has 0 unspecified atom stereocenters. The Balaban J connectivity index is 2.15. The maximum atomic E-state index is 12.5. The fourth-order valence-corrected chi connectivity index (χ4v) is 3.96. The Hall–Kier alpha value is -2.93. The third-order valence-electron chi connectivity index (χ3n) is 4.27. The number of allylic oxidation sites excluding steroid dienone is 1. The van der Waals surface area contributed by atoms with Gasteiger partial charge in [0.1, 0.15) is 18.1 Å². The lowest BCUT2D eigenvalue weighted by Gasteiger charge is -2.16. The van der Waals surface area contributed by atoms with E-state index >= 15 is 0 Å². The van der Waals surface area contributed by atoms with Crippen LogP contribution in [0, 0.1) is 5.92 Å². The molecule has 0 heterocycles. The summed E-state index contributed by atoms with van der Waals surface area (Å²) in [4.78, 5) is 25.6. The number of methoxy groups -OCH3 is 2. The van der Waals surface area contributed by atoms with Crippen LogP contribution in [0.15, 0.2) is 65.2 Å². The fourth-order valence-electron chi connectivity index (χ4n) is 2.69.